The highest BCUT2D eigenvalue weighted by molar-refractivity contribution is 7.25. The molecule has 0 radical (unpaired) electrons. The average molecular weight is 727 g/mol. The number of hydrogen-bond acceptors (Lipinski definition) is 3. The summed E-state index contributed by atoms with van der Waals surface area (Å²) in [7, 11) is 0. The number of fused-ring (bicyclic) bond motifs is 14. The molecule has 0 unspecified atom stereocenters. The number of aromatic nitrogens is 1. The monoisotopic (exact) mass is 726 g/mol. The van der Waals surface area contributed by atoms with E-state index in [9.17, 15) is 0 Å². The molecule has 3 aromatic heterocycles. The van der Waals surface area contributed by atoms with Crippen molar-refractivity contribution in [2.45, 2.75) is 52.4 Å². The summed E-state index contributed by atoms with van der Waals surface area (Å²) in [6.07, 6.45) is 0. The molecule has 0 atom stereocenters. The molecule has 0 amide bonds. The van der Waals surface area contributed by atoms with E-state index in [0.717, 1.165) is 21.9 Å². The summed E-state index contributed by atoms with van der Waals surface area (Å²) in [5.41, 5.74) is 16.1. The SMILES string of the molecule is CC(C)(C)c1ccc(N2B3c4cc(C(C)(C)C)ccc4-n4c5cc6c(cc5c5ccc(c3c54)-c3cc4c(cc32)sc2ccccc24)oc2ccccc26)cc1. The van der Waals surface area contributed by atoms with Gasteiger partial charge in [-0.3, -0.25) is 0 Å². The van der Waals surface area contributed by atoms with E-state index < -0.39 is 0 Å². The number of nitrogens with zero attached hydrogens (tertiary/aromatic N) is 2. The van der Waals surface area contributed by atoms with Gasteiger partial charge in [0.25, 0.3) is 0 Å². The lowest BCUT2D eigenvalue weighted by Gasteiger charge is -2.42. The van der Waals surface area contributed by atoms with Crippen molar-refractivity contribution in [2.75, 3.05) is 4.81 Å². The van der Waals surface area contributed by atoms with E-state index in [1.807, 2.05) is 11.3 Å². The van der Waals surface area contributed by atoms with E-state index in [-0.39, 0.29) is 17.7 Å². The third-order valence-electron chi connectivity index (χ3n) is 12.5. The highest BCUT2D eigenvalue weighted by Crippen LogP contribution is 2.49. The first-order valence-corrected chi connectivity index (χ1v) is 20.3. The minimum Gasteiger partial charge on any atom is -0.456 e. The zero-order chi connectivity index (χ0) is 37.1. The largest absolute Gasteiger partial charge is 0.456 e. The Morgan fingerprint density at radius 2 is 1.27 bits per heavy atom. The Morgan fingerprint density at radius 3 is 2.07 bits per heavy atom. The van der Waals surface area contributed by atoms with E-state index in [1.54, 1.807) is 0 Å². The Labute approximate surface area is 324 Å². The molecule has 10 aromatic rings. The van der Waals surface area contributed by atoms with Crippen LogP contribution in [0.5, 0.6) is 0 Å². The predicted molar refractivity (Wildman–Crippen MR) is 237 cm³/mol. The predicted octanol–water partition coefficient (Wildman–Crippen LogP) is 12.9. The maximum Gasteiger partial charge on any atom is 0.333 e. The first-order chi connectivity index (χ1) is 26.5. The second-order valence-electron chi connectivity index (χ2n) is 17.8. The molecular weight excluding hydrogens is 687 g/mol. The van der Waals surface area contributed by atoms with Crippen molar-refractivity contribution in [1.29, 1.82) is 0 Å². The molecule has 0 saturated carbocycles. The summed E-state index contributed by atoms with van der Waals surface area (Å²) in [5, 5.41) is 7.45. The third-order valence-corrected chi connectivity index (χ3v) is 13.6. The lowest BCUT2D eigenvalue weighted by atomic mass is 9.43. The number of anilines is 2. The fourth-order valence-electron chi connectivity index (χ4n) is 9.70. The molecule has 0 N–H and O–H groups in total. The number of furan rings is 1. The van der Waals surface area contributed by atoms with Crippen molar-refractivity contribution < 1.29 is 4.42 Å². The molecule has 5 heterocycles. The fourth-order valence-corrected chi connectivity index (χ4v) is 10.8. The van der Waals surface area contributed by atoms with Crippen LogP contribution in [0.15, 0.2) is 132 Å². The van der Waals surface area contributed by atoms with Crippen molar-refractivity contribution in [2.24, 2.45) is 0 Å². The fraction of sp³-hybridized carbons (Fsp3) is 0.160. The van der Waals surface area contributed by atoms with Crippen LogP contribution in [0, 0.1) is 0 Å². The first-order valence-electron chi connectivity index (χ1n) is 19.5. The molecule has 264 valence electrons. The van der Waals surface area contributed by atoms with Crippen molar-refractivity contribution >= 4 is 104 Å². The third kappa shape index (κ3) is 4.22. The number of para-hydroxylation sites is 1. The van der Waals surface area contributed by atoms with Crippen LogP contribution in [0.1, 0.15) is 52.7 Å². The van der Waals surface area contributed by atoms with Crippen LogP contribution < -0.4 is 15.7 Å². The first kappa shape index (κ1) is 31.6. The summed E-state index contributed by atoms with van der Waals surface area (Å²) in [5.74, 6) is 0. The maximum absolute atomic E-state index is 6.50. The number of hydrogen-bond donors (Lipinski definition) is 0. The zero-order valence-electron chi connectivity index (χ0n) is 31.9. The van der Waals surface area contributed by atoms with Gasteiger partial charge in [0.05, 0.1) is 11.0 Å². The molecule has 7 aromatic carbocycles. The van der Waals surface area contributed by atoms with Crippen LogP contribution in [0.4, 0.5) is 11.4 Å². The standard InChI is InChI=1S/C50H39BN2OS/c1-49(2,3)28-15-18-30(19-16-28)53-42-27-46-38(32-12-8-10-14-45(32)55-46)24-35(42)33-20-21-34-36-26-44-37(31-11-7-9-13-43(31)54-44)25-41(36)52-40-22-17-29(50(4,5)6)23-39(40)51(53)47(33)48(34)52/h7-27H,1-6H3. The summed E-state index contributed by atoms with van der Waals surface area (Å²) in [4.78, 5) is 2.67. The van der Waals surface area contributed by atoms with E-state index >= 15 is 0 Å². The van der Waals surface area contributed by atoms with Crippen LogP contribution in [0.2, 0.25) is 0 Å². The van der Waals surface area contributed by atoms with Gasteiger partial charge in [-0.05, 0) is 93.0 Å². The van der Waals surface area contributed by atoms with E-state index in [0.29, 0.717) is 0 Å². The Balaban J connectivity index is 1.25. The molecule has 55 heavy (non-hydrogen) atoms. The van der Waals surface area contributed by atoms with Gasteiger partial charge in [0.15, 0.2) is 0 Å². The second-order valence-corrected chi connectivity index (χ2v) is 18.9. The lowest BCUT2D eigenvalue weighted by Crippen LogP contribution is -2.60. The van der Waals surface area contributed by atoms with Crippen LogP contribution in [0.25, 0.3) is 80.7 Å². The zero-order valence-corrected chi connectivity index (χ0v) is 32.7. The topological polar surface area (TPSA) is 21.3 Å². The van der Waals surface area contributed by atoms with Crippen molar-refractivity contribution in [3.63, 3.8) is 0 Å². The van der Waals surface area contributed by atoms with Gasteiger partial charge >= 0.3 is 6.85 Å². The number of rotatable bonds is 1. The summed E-state index contributed by atoms with van der Waals surface area (Å²) in [6, 6.07) is 48.4. The summed E-state index contributed by atoms with van der Waals surface area (Å²) < 4.78 is 11.7. The van der Waals surface area contributed by atoms with Gasteiger partial charge in [-0.15, -0.1) is 11.3 Å². The van der Waals surface area contributed by atoms with Gasteiger partial charge < -0.3 is 13.8 Å². The van der Waals surface area contributed by atoms with Crippen LogP contribution in [-0.4, -0.2) is 11.4 Å². The van der Waals surface area contributed by atoms with Gasteiger partial charge in [-0.2, -0.15) is 0 Å². The van der Waals surface area contributed by atoms with Crippen molar-refractivity contribution in [3.05, 3.63) is 139 Å². The Hall–Kier alpha value is -5.78. The molecule has 0 saturated heterocycles. The Morgan fingerprint density at radius 1 is 0.527 bits per heavy atom. The highest BCUT2D eigenvalue weighted by Gasteiger charge is 2.44. The van der Waals surface area contributed by atoms with Crippen LogP contribution in [-0.2, 0) is 10.8 Å². The molecule has 0 spiro atoms. The quantitative estimate of drug-likeness (QED) is 0.157. The van der Waals surface area contributed by atoms with Gasteiger partial charge in [0, 0.05) is 64.3 Å². The van der Waals surface area contributed by atoms with Gasteiger partial charge in [-0.1, -0.05) is 114 Å². The minimum absolute atomic E-state index is 0.0141. The summed E-state index contributed by atoms with van der Waals surface area (Å²) >= 11 is 1.90. The maximum atomic E-state index is 6.50. The molecule has 2 aliphatic rings. The molecule has 0 bridgehead atoms. The molecule has 2 aliphatic heterocycles. The van der Waals surface area contributed by atoms with Gasteiger partial charge in [0.1, 0.15) is 11.2 Å². The molecule has 12 rings (SSSR count). The van der Waals surface area contributed by atoms with Gasteiger partial charge in [0.2, 0.25) is 0 Å². The Kier molecular flexibility index (Phi) is 6.02. The van der Waals surface area contributed by atoms with Crippen LogP contribution >= 0.6 is 11.3 Å². The lowest BCUT2D eigenvalue weighted by molar-refractivity contribution is 0.590. The smallest absolute Gasteiger partial charge is 0.333 e. The molecule has 3 nitrogen and oxygen atoms in total. The molecule has 5 heteroatoms. The minimum atomic E-state index is -0.0311. The molecule has 0 aliphatic carbocycles. The van der Waals surface area contributed by atoms with Crippen molar-refractivity contribution in [1.82, 2.24) is 4.57 Å². The second kappa shape index (κ2) is 10.5. The Bertz CT molecular complexity index is 3290. The van der Waals surface area contributed by atoms with E-state index in [2.05, 4.69) is 178 Å². The van der Waals surface area contributed by atoms with Gasteiger partial charge in [-0.25, -0.2) is 0 Å². The average Bonchev–Trinajstić information content (AvgIpc) is 3.83. The number of benzene rings is 7. The molecule has 0 fully saturated rings. The van der Waals surface area contributed by atoms with E-state index in [1.165, 1.54) is 92.2 Å². The normalized spacial score (nSPS) is 13.9. The highest BCUT2D eigenvalue weighted by atomic mass is 32.1. The summed E-state index contributed by atoms with van der Waals surface area (Å²) in [6.45, 7) is 13.9. The molecular formula is C50H39BN2OS. The van der Waals surface area contributed by atoms with E-state index in [4.69, 9.17) is 4.42 Å². The van der Waals surface area contributed by atoms with Crippen LogP contribution in [0.3, 0.4) is 0 Å². The number of thiophene rings is 1. The van der Waals surface area contributed by atoms with Crippen molar-refractivity contribution in [3.8, 4) is 16.8 Å².